The second-order valence-electron chi connectivity index (χ2n) is 5.85. The summed E-state index contributed by atoms with van der Waals surface area (Å²) in [6.45, 7) is 2.37. The molecule has 2 unspecified atom stereocenters. The van der Waals surface area contributed by atoms with Gasteiger partial charge in [0.15, 0.2) is 0 Å². The van der Waals surface area contributed by atoms with Gasteiger partial charge in [-0.05, 0) is 25.2 Å². The summed E-state index contributed by atoms with van der Waals surface area (Å²) in [6, 6.07) is 0.345. The maximum Gasteiger partial charge on any atom is 0.315 e. The minimum absolute atomic E-state index is 0.0569. The largest absolute Gasteiger partial charge is 0.396 e. The van der Waals surface area contributed by atoms with Crippen LogP contribution in [0.5, 0.6) is 0 Å². The number of aliphatic hydroxyl groups excluding tert-OH is 1. The Balaban J connectivity index is 1.76. The molecule has 4 atom stereocenters. The fourth-order valence-electron chi connectivity index (χ4n) is 3.28. The first-order chi connectivity index (χ1) is 9.22. The summed E-state index contributed by atoms with van der Waals surface area (Å²) in [7, 11) is 0. The van der Waals surface area contributed by atoms with Crippen LogP contribution in [-0.2, 0) is 0 Å². The first kappa shape index (κ1) is 14.4. The van der Waals surface area contributed by atoms with E-state index >= 15 is 0 Å². The summed E-state index contributed by atoms with van der Waals surface area (Å²) in [5.74, 6) is 0.826. The van der Waals surface area contributed by atoms with Gasteiger partial charge in [0, 0.05) is 24.6 Å². The van der Waals surface area contributed by atoms with E-state index in [1.165, 1.54) is 19.3 Å². The Hall–Kier alpha value is -1.03. The van der Waals surface area contributed by atoms with Crippen molar-refractivity contribution in [3.63, 3.8) is 0 Å². The van der Waals surface area contributed by atoms with Gasteiger partial charge in [-0.25, -0.2) is 4.79 Å². The van der Waals surface area contributed by atoms with E-state index in [1.807, 2.05) is 12.2 Å². The third kappa shape index (κ3) is 3.96. The minimum Gasteiger partial charge on any atom is -0.396 e. The maximum absolute atomic E-state index is 12.0. The fraction of sp³-hybridized carbons (Fsp3) is 0.800. The minimum atomic E-state index is -0.0569. The lowest BCUT2D eigenvalue weighted by Gasteiger charge is -2.31. The topological polar surface area (TPSA) is 61.4 Å². The lowest BCUT2D eigenvalue weighted by molar-refractivity contribution is 0.211. The van der Waals surface area contributed by atoms with Gasteiger partial charge in [0.05, 0.1) is 0 Å². The molecule has 0 saturated heterocycles. The van der Waals surface area contributed by atoms with Crippen molar-refractivity contribution in [2.45, 2.75) is 57.5 Å². The molecular formula is C15H26N2O2. The molecule has 0 aromatic rings. The molecule has 2 aliphatic carbocycles. The monoisotopic (exact) mass is 266 g/mol. The Labute approximate surface area is 115 Å². The van der Waals surface area contributed by atoms with Crippen LogP contribution < -0.4 is 10.6 Å². The molecule has 0 aromatic heterocycles. The van der Waals surface area contributed by atoms with Gasteiger partial charge in [0.2, 0.25) is 0 Å². The molecule has 2 amide bonds. The Bertz CT molecular complexity index is 330. The summed E-state index contributed by atoms with van der Waals surface area (Å²) in [5, 5.41) is 15.2. The average Bonchev–Trinajstić information content (AvgIpc) is 2.87. The lowest BCUT2D eigenvalue weighted by atomic mass is 9.83. The van der Waals surface area contributed by atoms with Crippen LogP contribution in [0.4, 0.5) is 4.79 Å². The number of urea groups is 1. The van der Waals surface area contributed by atoms with Gasteiger partial charge in [-0.3, -0.25) is 0 Å². The smallest absolute Gasteiger partial charge is 0.315 e. The zero-order chi connectivity index (χ0) is 13.7. The van der Waals surface area contributed by atoms with Crippen molar-refractivity contribution in [1.82, 2.24) is 10.6 Å². The average molecular weight is 266 g/mol. The van der Waals surface area contributed by atoms with Crippen molar-refractivity contribution in [3.05, 3.63) is 12.2 Å². The molecule has 19 heavy (non-hydrogen) atoms. The first-order valence-corrected chi connectivity index (χ1v) is 7.59. The number of hydrogen-bond acceptors (Lipinski definition) is 2. The first-order valence-electron chi connectivity index (χ1n) is 7.59. The second-order valence-corrected chi connectivity index (χ2v) is 5.85. The molecule has 1 saturated carbocycles. The van der Waals surface area contributed by atoms with Crippen molar-refractivity contribution < 1.29 is 9.90 Å². The predicted octanol–water partition coefficient (Wildman–Crippen LogP) is 2.19. The van der Waals surface area contributed by atoms with E-state index in [-0.39, 0.29) is 24.6 Å². The number of hydrogen-bond donors (Lipinski definition) is 3. The number of rotatable bonds is 4. The second kappa shape index (κ2) is 6.94. The van der Waals surface area contributed by atoms with Crippen LogP contribution >= 0.6 is 0 Å². The van der Waals surface area contributed by atoms with Crippen LogP contribution in [0.15, 0.2) is 12.2 Å². The highest BCUT2D eigenvalue weighted by Crippen LogP contribution is 2.26. The van der Waals surface area contributed by atoms with E-state index < -0.39 is 0 Å². The maximum atomic E-state index is 12.0. The van der Waals surface area contributed by atoms with E-state index in [1.54, 1.807) is 0 Å². The quantitative estimate of drug-likeness (QED) is 0.683. The highest BCUT2D eigenvalue weighted by molar-refractivity contribution is 5.75. The van der Waals surface area contributed by atoms with Crippen molar-refractivity contribution in [2.24, 2.45) is 11.8 Å². The van der Waals surface area contributed by atoms with Crippen LogP contribution in [0, 0.1) is 11.8 Å². The molecule has 4 heteroatoms. The number of carbonyl (C=O) groups excluding carboxylic acids is 1. The molecule has 0 heterocycles. The van der Waals surface area contributed by atoms with Gasteiger partial charge in [-0.2, -0.15) is 0 Å². The number of amides is 2. The highest BCUT2D eigenvalue weighted by Gasteiger charge is 2.26. The lowest BCUT2D eigenvalue weighted by Crippen LogP contribution is -2.48. The van der Waals surface area contributed by atoms with Gasteiger partial charge < -0.3 is 15.7 Å². The van der Waals surface area contributed by atoms with E-state index in [9.17, 15) is 4.79 Å². The van der Waals surface area contributed by atoms with Crippen molar-refractivity contribution in [1.29, 1.82) is 0 Å². The zero-order valence-corrected chi connectivity index (χ0v) is 11.8. The zero-order valence-electron chi connectivity index (χ0n) is 11.8. The van der Waals surface area contributed by atoms with E-state index in [2.05, 4.69) is 17.6 Å². The standard InChI is InChI=1S/C15H26N2O2/c1-2-12-5-3-4-6-14(12)17-15(19)16-13-8-7-11(9-13)10-18/h7-8,11-14,18H,2-6,9-10H2,1H3,(H2,16,17,19)/t11-,12?,13+,14?/m0/s1. The van der Waals surface area contributed by atoms with Crippen LogP contribution in [0.1, 0.15) is 45.4 Å². The van der Waals surface area contributed by atoms with Crippen LogP contribution in [0.25, 0.3) is 0 Å². The van der Waals surface area contributed by atoms with Crippen molar-refractivity contribution >= 4 is 6.03 Å². The molecule has 4 nitrogen and oxygen atoms in total. The number of carbonyl (C=O) groups is 1. The number of aliphatic hydroxyl groups is 1. The summed E-state index contributed by atoms with van der Waals surface area (Å²) >= 11 is 0. The Morgan fingerprint density at radius 1 is 1.26 bits per heavy atom. The van der Waals surface area contributed by atoms with Gasteiger partial charge in [0.25, 0.3) is 0 Å². The third-order valence-electron chi connectivity index (χ3n) is 4.47. The van der Waals surface area contributed by atoms with Gasteiger partial charge in [-0.1, -0.05) is 38.3 Å². The third-order valence-corrected chi connectivity index (χ3v) is 4.47. The van der Waals surface area contributed by atoms with Crippen molar-refractivity contribution in [3.8, 4) is 0 Å². The van der Waals surface area contributed by atoms with E-state index in [0.717, 1.165) is 19.3 Å². The summed E-state index contributed by atoms with van der Waals surface area (Å²) in [6.07, 6.45) is 10.8. The Morgan fingerprint density at radius 2 is 2.05 bits per heavy atom. The van der Waals surface area contributed by atoms with Crippen LogP contribution in [-0.4, -0.2) is 29.8 Å². The molecule has 0 bridgehead atoms. The van der Waals surface area contributed by atoms with E-state index in [4.69, 9.17) is 5.11 Å². The molecule has 108 valence electrons. The molecule has 2 aliphatic rings. The molecule has 0 spiro atoms. The molecule has 2 rings (SSSR count). The molecule has 3 N–H and O–H groups in total. The predicted molar refractivity (Wildman–Crippen MR) is 75.8 cm³/mol. The molecule has 0 aromatic carbocycles. The van der Waals surface area contributed by atoms with E-state index in [0.29, 0.717) is 12.0 Å². The fourth-order valence-corrected chi connectivity index (χ4v) is 3.28. The Kier molecular flexibility index (Phi) is 5.25. The van der Waals surface area contributed by atoms with Gasteiger partial charge in [-0.15, -0.1) is 0 Å². The molecule has 1 fully saturated rings. The summed E-state index contributed by atoms with van der Waals surface area (Å²) in [4.78, 5) is 12.0. The summed E-state index contributed by atoms with van der Waals surface area (Å²) < 4.78 is 0. The van der Waals surface area contributed by atoms with Crippen LogP contribution in [0.2, 0.25) is 0 Å². The highest BCUT2D eigenvalue weighted by atomic mass is 16.3. The van der Waals surface area contributed by atoms with Gasteiger partial charge in [0.1, 0.15) is 0 Å². The normalized spacial score (nSPS) is 34.2. The SMILES string of the molecule is CCC1CCCCC1NC(=O)N[C@@H]1C=C[C@H](CO)C1. The molecule has 0 aliphatic heterocycles. The van der Waals surface area contributed by atoms with Gasteiger partial charge >= 0.3 is 6.03 Å². The molecular weight excluding hydrogens is 240 g/mol. The Morgan fingerprint density at radius 3 is 2.74 bits per heavy atom. The van der Waals surface area contributed by atoms with Crippen molar-refractivity contribution in [2.75, 3.05) is 6.61 Å². The summed E-state index contributed by atoms with van der Waals surface area (Å²) in [5.41, 5.74) is 0. The number of nitrogens with one attached hydrogen (secondary N) is 2. The van der Waals surface area contributed by atoms with Crippen LogP contribution in [0.3, 0.4) is 0 Å². The molecule has 0 radical (unpaired) electrons.